The summed E-state index contributed by atoms with van der Waals surface area (Å²) in [5, 5.41) is 9.11. The van der Waals surface area contributed by atoms with Crippen molar-refractivity contribution >= 4 is 5.97 Å². The topological polar surface area (TPSA) is 37.3 Å². The molecular weight excluding hydrogens is 224 g/mol. The van der Waals surface area contributed by atoms with Gasteiger partial charge in [0.1, 0.15) is 0 Å². The third-order valence-electron chi connectivity index (χ3n) is 6.12. The molecule has 0 unspecified atom stereocenters. The van der Waals surface area contributed by atoms with Crippen molar-refractivity contribution in [3.63, 3.8) is 0 Å². The van der Waals surface area contributed by atoms with Crippen LogP contribution < -0.4 is 0 Å². The zero-order valence-electron chi connectivity index (χ0n) is 11.5. The molecule has 100 valence electrons. The van der Waals surface area contributed by atoms with Gasteiger partial charge in [-0.25, -0.2) is 4.79 Å². The second kappa shape index (κ2) is 3.61. The van der Waals surface area contributed by atoms with Crippen molar-refractivity contribution in [2.45, 2.75) is 52.4 Å². The molecule has 0 saturated heterocycles. The van der Waals surface area contributed by atoms with Crippen molar-refractivity contribution in [3.8, 4) is 0 Å². The van der Waals surface area contributed by atoms with E-state index in [1.54, 1.807) is 0 Å². The summed E-state index contributed by atoms with van der Waals surface area (Å²) in [5.74, 6) is 1.53. The van der Waals surface area contributed by atoms with E-state index in [1.807, 2.05) is 0 Å². The summed E-state index contributed by atoms with van der Waals surface area (Å²) in [4.78, 5) is 11.1. The van der Waals surface area contributed by atoms with Gasteiger partial charge in [-0.1, -0.05) is 20.4 Å². The quantitative estimate of drug-likeness (QED) is 0.770. The smallest absolute Gasteiger partial charge is 0.330 e. The maximum Gasteiger partial charge on any atom is 0.330 e. The molecule has 0 heterocycles. The number of hydrogen-bond acceptors (Lipinski definition) is 1. The Morgan fingerprint density at radius 2 is 1.61 bits per heavy atom. The fourth-order valence-electron chi connectivity index (χ4n) is 5.99. The molecule has 4 bridgehead atoms. The van der Waals surface area contributed by atoms with Crippen LogP contribution in [-0.2, 0) is 4.79 Å². The Bertz CT molecular complexity index is 373. The van der Waals surface area contributed by atoms with Gasteiger partial charge in [0, 0.05) is 5.57 Å². The van der Waals surface area contributed by atoms with Gasteiger partial charge >= 0.3 is 5.97 Å². The van der Waals surface area contributed by atoms with Crippen LogP contribution in [0.15, 0.2) is 12.2 Å². The number of carboxylic acid groups (broad SMARTS) is 1. The first-order chi connectivity index (χ1) is 8.32. The van der Waals surface area contributed by atoms with Crippen molar-refractivity contribution in [2.24, 2.45) is 28.6 Å². The summed E-state index contributed by atoms with van der Waals surface area (Å²) < 4.78 is 0. The molecule has 0 amide bonds. The van der Waals surface area contributed by atoms with Gasteiger partial charge in [0.15, 0.2) is 0 Å². The first kappa shape index (κ1) is 12.3. The Morgan fingerprint density at radius 3 is 2.00 bits per heavy atom. The molecule has 0 aromatic rings. The van der Waals surface area contributed by atoms with Crippen molar-refractivity contribution in [1.29, 1.82) is 0 Å². The summed E-state index contributed by atoms with van der Waals surface area (Å²) in [6, 6.07) is 0. The van der Waals surface area contributed by atoms with Crippen molar-refractivity contribution < 1.29 is 9.90 Å². The number of rotatable bonds is 3. The van der Waals surface area contributed by atoms with E-state index in [0.717, 1.165) is 11.8 Å². The van der Waals surface area contributed by atoms with Crippen LogP contribution in [0.5, 0.6) is 0 Å². The van der Waals surface area contributed by atoms with Crippen LogP contribution in [0.2, 0.25) is 0 Å². The lowest BCUT2D eigenvalue weighted by molar-refractivity contribution is -0.152. The van der Waals surface area contributed by atoms with E-state index in [0.29, 0.717) is 28.7 Å². The predicted octanol–water partition coefficient (Wildman–Crippen LogP) is 3.87. The summed E-state index contributed by atoms with van der Waals surface area (Å²) >= 11 is 0. The fraction of sp³-hybridized carbons (Fsp3) is 0.812. The Balaban J connectivity index is 1.89. The highest BCUT2D eigenvalue weighted by Gasteiger charge is 2.59. The average Bonchev–Trinajstić information content (AvgIpc) is 2.20. The summed E-state index contributed by atoms with van der Waals surface area (Å²) in [5.41, 5.74) is 1.16. The van der Waals surface area contributed by atoms with E-state index in [9.17, 15) is 4.79 Å². The van der Waals surface area contributed by atoms with Gasteiger partial charge in [-0.3, -0.25) is 0 Å². The number of aliphatic carboxylic acids is 1. The number of carbonyl (C=O) groups is 1. The van der Waals surface area contributed by atoms with Gasteiger partial charge in [-0.15, -0.1) is 0 Å². The van der Waals surface area contributed by atoms with Crippen LogP contribution in [0.3, 0.4) is 0 Å². The molecule has 4 fully saturated rings. The van der Waals surface area contributed by atoms with E-state index in [4.69, 9.17) is 5.11 Å². The predicted molar refractivity (Wildman–Crippen MR) is 71.2 cm³/mol. The minimum atomic E-state index is -0.809. The number of hydrogen-bond donors (Lipinski definition) is 1. The Hall–Kier alpha value is -0.790. The first-order valence-electron chi connectivity index (χ1n) is 7.23. The van der Waals surface area contributed by atoms with E-state index < -0.39 is 5.97 Å². The van der Waals surface area contributed by atoms with Gasteiger partial charge in [-0.05, 0) is 67.1 Å². The summed E-state index contributed by atoms with van der Waals surface area (Å²) in [6.07, 6.45) is 7.39. The lowest BCUT2D eigenvalue weighted by Gasteiger charge is -2.65. The van der Waals surface area contributed by atoms with Crippen molar-refractivity contribution in [3.05, 3.63) is 12.2 Å². The van der Waals surface area contributed by atoms with Gasteiger partial charge in [0.05, 0.1) is 0 Å². The SMILES string of the molecule is C=C(CC1C2(C)CC3CC(C2)CC1(C)C3)C(=O)O. The van der Waals surface area contributed by atoms with Crippen molar-refractivity contribution in [2.75, 3.05) is 0 Å². The van der Waals surface area contributed by atoms with E-state index >= 15 is 0 Å². The molecule has 0 radical (unpaired) electrons. The van der Waals surface area contributed by atoms with E-state index in [-0.39, 0.29) is 0 Å². The number of carboxylic acids is 1. The second-order valence-electron chi connectivity index (χ2n) is 7.76. The van der Waals surface area contributed by atoms with E-state index in [2.05, 4.69) is 20.4 Å². The maximum atomic E-state index is 11.1. The minimum absolute atomic E-state index is 0.372. The van der Waals surface area contributed by atoms with Gasteiger partial charge in [0.2, 0.25) is 0 Å². The molecule has 0 spiro atoms. The largest absolute Gasteiger partial charge is 0.478 e. The van der Waals surface area contributed by atoms with Crippen LogP contribution in [0.25, 0.3) is 0 Å². The molecule has 4 aliphatic carbocycles. The zero-order chi connectivity index (χ0) is 13.1. The minimum Gasteiger partial charge on any atom is -0.478 e. The Morgan fingerprint density at radius 1 is 1.17 bits per heavy atom. The summed E-state index contributed by atoms with van der Waals surface area (Å²) in [6.45, 7) is 8.58. The van der Waals surface area contributed by atoms with Gasteiger partial charge in [0.25, 0.3) is 0 Å². The third kappa shape index (κ3) is 1.64. The molecule has 4 saturated carbocycles. The van der Waals surface area contributed by atoms with Crippen molar-refractivity contribution in [1.82, 2.24) is 0 Å². The van der Waals surface area contributed by atoms with Crippen LogP contribution in [-0.4, -0.2) is 11.1 Å². The Labute approximate surface area is 109 Å². The van der Waals surface area contributed by atoms with Crippen LogP contribution in [0, 0.1) is 28.6 Å². The third-order valence-corrected chi connectivity index (χ3v) is 6.12. The van der Waals surface area contributed by atoms with Crippen LogP contribution in [0.4, 0.5) is 0 Å². The molecule has 0 aliphatic heterocycles. The highest BCUT2D eigenvalue weighted by atomic mass is 16.4. The molecule has 1 N–H and O–H groups in total. The molecule has 4 aliphatic rings. The molecule has 0 aromatic heterocycles. The van der Waals surface area contributed by atoms with E-state index in [1.165, 1.54) is 32.1 Å². The second-order valence-corrected chi connectivity index (χ2v) is 7.76. The maximum absolute atomic E-state index is 11.1. The highest BCUT2D eigenvalue weighted by molar-refractivity contribution is 5.85. The van der Waals surface area contributed by atoms with Crippen LogP contribution >= 0.6 is 0 Å². The molecule has 0 aromatic carbocycles. The zero-order valence-corrected chi connectivity index (χ0v) is 11.5. The standard InChI is InChI=1S/C16H24O2/c1-10(14(17)18)4-13-15(2)6-11-5-12(7-15)9-16(13,3)8-11/h11-13H,1,4-9H2,2-3H3,(H,17,18). The monoisotopic (exact) mass is 248 g/mol. The van der Waals surface area contributed by atoms with Gasteiger partial charge in [-0.2, -0.15) is 0 Å². The molecule has 4 rings (SSSR count). The highest BCUT2D eigenvalue weighted by Crippen LogP contribution is 2.68. The average molecular weight is 248 g/mol. The summed E-state index contributed by atoms with van der Waals surface area (Å²) in [7, 11) is 0. The lowest BCUT2D eigenvalue weighted by atomic mass is 9.40. The molecule has 2 heteroatoms. The first-order valence-corrected chi connectivity index (χ1v) is 7.23. The molecular formula is C16H24O2. The van der Waals surface area contributed by atoms with Gasteiger partial charge < -0.3 is 5.11 Å². The molecule has 18 heavy (non-hydrogen) atoms. The normalized spacial score (nSPS) is 49.3. The fourth-order valence-corrected chi connectivity index (χ4v) is 5.99. The lowest BCUT2D eigenvalue weighted by Crippen LogP contribution is -2.56. The molecule has 2 nitrogen and oxygen atoms in total. The Kier molecular flexibility index (Phi) is 2.46. The molecule has 0 atom stereocenters. The van der Waals surface area contributed by atoms with Crippen LogP contribution in [0.1, 0.15) is 52.4 Å².